The van der Waals surface area contributed by atoms with E-state index in [1.807, 2.05) is 50.2 Å². The van der Waals surface area contributed by atoms with E-state index in [0.29, 0.717) is 10.5 Å². The molecule has 0 bridgehead atoms. The van der Waals surface area contributed by atoms with E-state index in [1.54, 1.807) is 18.2 Å². The smallest absolute Gasteiger partial charge is 0.293 e. The van der Waals surface area contributed by atoms with E-state index in [9.17, 15) is 14.4 Å². The third-order valence-electron chi connectivity index (χ3n) is 4.18. The van der Waals surface area contributed by atoms with Crippen LogP contribution in [0.25, 0.3) is 6.08 Å². The Morgan fingerprint density at radius 1 is 1.00 bits per heavy atom. The molecule has 27 heavy (non-hydrogen) atoms. The van der Waals surface area contributed by atoms with Gasteiger partial charge in [0.05, 0.1) is 4.91 Å². The van der Waals surface area contributed by atoms with Crippen LogP contribution in [0.15, 0.2) is 53.4 Å². The minimum atomic E-state index is -0.324. The maximum absolute atomic E-state index is 12.5. The molecule has 6 heteroatoms. The summed E-state index contributed by atoms with van der Waals surface area (Å²) in [5.74, 6) is -0.549. The molecular formula is C21H20N2O3S. The molecule has 1 aliphatic heterocycles. The van der Waals surface area contributed by atoms with Gasteiger partial charge < -0.3 is 5.32 Å². The molecule has 1 saturated heterocycles. The first kappa shape index (κ1) is 18.9. The largest absolute Gasteiger partial charge is 0.350 e. The Hall–Kier alpha value is -2.86. The summed E-state index contributed by atoms with van der Waals surface area (Å²) in [4.78, 5) is 38.3. The van der Waals surface area contributed by atoms with Crippen LogP contribution < -0.4 is 5.32 Å². The zero-order chi connectivity index (χ0) is 19.4. The summed E-state index contributed by atoms with van der Waals surface area (Å²) in [5, 5.41) is 2.43. The fourth-order valence-electron chi connectivity index (χ4n) is 2.60. The lowest BCUT2D eigenvalue weighted by Gasteiger charge is -2.13. The Bertz CT molecular complexity index is 902. The first-order valence-electron chi connectivity index (χ1n) is 8.61. The fourth-order valence-corrected chi connectivity index (χ4v) is 3.46. The van der Waals surface area contributed by atoms with Crippen molar-refractivity contribution in [2.24, 2.45) is 0 Å². The van der Waals surface area contributed by atoms with E-state index >= 15 is 0 Å². The molecule has 2 aromatic carbocycles. The monoisotopic (exact) mass is 380 g/mol. The van der Waals surface area contributed by atoms with Gasteiger partial charge >= 0.3 is 0 Å². The van der Waals surface area contributed by atoms with Gasteiger partial charge in [0.25, 0.3) is 17.1 Å². The highest BCUT2D eigenvalue weighted by molar-refractivity contribution is 8.18. The maximum Gasteiger partial charge on any atom is 0.293 e. The van der Waals surface area contributed by atoms with Gasteiger partial charge in [-0.2, -0.15) is 0 Å². The summed E-state index contributed by atoms with van der Waals surface area (Å²) in [7, 11) is 0. The minimum Gasteiger partial charge on any atom is -0.350 e. The van der Waals surface area contributed by atoms with Crippen LogP contribution in [0.4, 0.5) is 4.79 Å². The van der Waals surface area contributed by atoms with Crippen LogP contribution in [0.5, 0.6) is 0 Å². The van der Waals surface area contributed by atoms with E-state index < -0.39 is 0 Å². The number of nitrogens with zero attached hydrogens (tertiary/aromatic N) is 1. The van der Waals surface area contributed by atoms with Crippen molar-refractivity contribution < 1.29 is 14.4 Å². The zero-order valence-electron chi connectivity index (χ0n) is 15.2. The second-order valence-corrected chi connectivity index (χ2v) is 7.36. The molecule has 138 valence electrons. The third kappa shape index (κ3) is 4.65. The predicted molar refractivity (Wildman–Crippen MR) is 107 cm³/mol. The van der Waals surface area contributed by atoms with Gasteiger partial charge in [0.1, 0.15) is 0 Å². The molecule has 3 amide bonds. The van der Waals surface area contributed by atoms with Crippen LogP contribution in [0.1, 0.15) is 27.0 Å². The lowest BCUT2D eigenvalue weighted by atomic mass is 10.1. The number of thioether (sulfide) groups is 1. The van der Waals surface area contributed by atoms with Crippen molar-refractivity contribution in [2.45, 2.75) is 13.8 Å². The van der Waals surface area contributed by atoms with E-state index in [1.165, 1.54) is 4.90 Å². The fraction of sp³-hybridized carbons (Fsp3) is 0.190. The van der Waals surface area contributed by atoms with E-state index in [2.05, 4.69) is 5.32 Å². The molecule has 0 aromatic heterocycles. The summed E-state index contributed by atoms with van der Waals surface area (Å²) >= 11 is 0.923. The molecule has 0 atom stereocenters. The number of carbonyl (C=O) groups excluding carboxylic acids is 3. The molecule has 0 unspecified atom stereocenters. The predicted octanol–water partition coefficient (Wildman–Crippen LogP) is 3.77. The SMILES string of the molecule is Cc1ccc(C=C2SC(=O)N(CCNC(=O)c3ccc(C)cc3)C2=O)cc1. The lowest BCUT2D eigenvalue weighted by Crippen LogP contribution is -2.37. The number of amides is 3. The van der Waals surface area contributed by atoms with Crippen molar-refractivity contribution in [3.8, 4) is 0 Å². The normalized spacial score (nSPS) is 15.5. The maximum atomic E-state index is 12.5. The molecule has 0 aliphatic carbocycles. The average Bonchev–Trinajstić information content (AvgIpc) is 2.91. The molecular weight excluding hydrogens is 360 g/mol. The molecule has 0 saturated carbocycles. The van der Waals surface area contributed by atoms with Crippen molar-refractivity contribution in [1.29, 1.82) is 0 Å². The Balaban J connectivity index is 1.58. The number of hydrogen-bond donors (Lipinski definition) is 1. The molecule has 0 spiro atoms. The Morgan fingerprint density at radius 3 is 2.22 bits per heavy atom. The van der Waals surface area contributed by atoms with Crippen LogP contribution >= 0.6 is 11.8 Å². The highest BCUT2D eigenvalue weighted by Crippen LogP contribution is 2.31. The molecule has 3 rings (SSSR count). The van der Waals surface area contributed by atoms with Crippen LogP contribution in [0, 0.1) is 13.8 Å². The van der Waals surface area contributed by atoms with Crippen molar-refractivity contribution >= 4 is 34.9 Å². The highest BCUT2D eigenvalue weighted by atomic mass is 32.2. The standard InChI is InChI=1S/C21H20N2O3S/c1-14-3-7-16(8-4-14)13-18-20(25)23(21(26)27-18)12-11-22-19(24)17-9-5-15(2)6-10-17/h3-10,13H,11-12H2,1-2H3,(H,22,24). The second-order valence-electron chi connectivity index (χ2n) is 6.37. The Labute approximate surface area is 162 Å². The van der Waals surface area contributed by atoms with Gasteiger partial charge in [-0.1, -0.05) is 47.5 Å². The Kier molecular flexibility index (Phi) is 5.76. The molecule has 1 heterocycles. The van der Waals surface area contributed by atoms with E-state index in [4.69, 9.17) is 0 Å². The van der Waals surface area contributed by atoms with Gasteiger partial charge in [-0.25, -0.2) is 0 Å². The van der Waals surface area contributed by atoms with Gasteiger partial charge in [0, 0.05) is 18.7 Å². The molecule has 1 aliphatic rings. The Morgan fingerprint density at radius 2 is 1.59 bits per heavy atom. The summed E-state index contributed by atoms with van der Waals surface area (Å²) in [6, 6.07) is 14.9. The zero-order valence-corrected chi connectivity index (χ0v) is 16.0. The number of carbonyl (C=O) groups is 3. The van der Waals surface area contributed by atoms with Gasteiger partial charge in [-0.05, 0) is 49.4 Å². The van der Waals surface area contributed by atoms with Crippen molar-refractivity contribution in [3.63, 3.8) is 0 Å². The number of nitrogens with one attached hydrogen (secondary N) is 1. The molecule has 0 radical (unpaired) electrons. The number of hydrogen-bond acceptors (Lipinski definition) is 4. The van der Waals surface area contributed by atoms with Gasteiger partial charge in [-0.15, -0.1) is 0 Å². The molecule has 2 aromatic rings. The highest BCUT2D eigenvalue weighted by Gasteiger charge is 2.34. The van der Waals surface area contributed by atoms with Crippen molar-refractivity contribution in [3.05, 3.63) is 75.7 Å². The van der Waals surface area contributed by atoms with Crippen molar-refractivity contribution in [2.75, 3.05) is 13.1 Å². The molecule has 1 fully saturated rings. The third-order valence-corrected chi connectivity index (χ3v) is 5.09. The second kappa shape index (κ2) is 8.22. The van der Waals surface area contributed by atoms with Crippen LogP contribution in [0.3, 0.4) is 0 Å². The first-order chi connectivity index (χ1) is 12.9. The minimum absolute atomic E-state index is 0.146. The topological polar surface area (TPSA) is 66.5 Å². The number of aryl methyl sites for hydroxylation is 2. The van der Waals surface area contributed by atoms with Crippen LogP contribution in [0.2, 0.25) is 0 Å². The number of benzene rings is 2. The van der Waals surface area contributed by atoms with Crippen LogP contribution in [-0.2, 0) is 4.79 Å². The van der Waals surface area contributed by atoms with Crippen LogP contribution in [-0.4, -0.2) is 35.0 Å². The summed E-state index contributed by atoms with van der Waals surface area (Å²) < 4.78 is 0. The number of rotatable bonds is 5. The van der Waals surface area contributed by atoms with Crippen molar-refractivity contribution in [1.82, 2.24) is 10.2 Å². The van der Waals surface area contributed by atoms with Gasteiger partial charge in [0.2, 0.25) is 0 Å². The summed E-state index contributed by atoms with van der Waals surface area (Å²) in [5.41, 5.74) is 3.63. The first-order valence-corrected chi connectivity index (χ1v) is 9.42. The van der Waals surface area contributed by atoms with Gasteiger partial charge in [-0.3, -0.25) is 19.3 Å². The van der Waals surface area contributed by atoms with E-state index in [0.717, 1.165) is 28.5 Å². The lowest BCUT2D eigenvalue weighted by molar-refractivity contribution is -0.122. The molecule has 5 nitrogen and oxygen atoms in total. The summed E-state index contributed by atoms with van der Waals surface area (Å²) in [6.07, 6.45) is 1.72. The van der Waals surface area contributed by atoms with E-state index in [-0.39, 0.29) is 30.1 Å². The van der Waals surface area contributed by atoms with Gasteiger partial charge in [0.15, 0.2) is 0 Å². The summed E-state index contributed by atoms with van der Waals surface area (Å²) in [6.45, 7) is 4.30. The quantitative estimate of drug-likeness (QED) is 0.802. The number of imide groups is 1. The average molecular weight is 380 g/mol. The molecule has 1 N–H and O–H groups in total.